The number of aliphatic imine (C=N–C) groups is 1. The Morgan fingerprint density at radius 2 is 2.08 bits per heavy atom. The van der Waals surface area contributed by atoms with Crippen LogP contribution in [0.2, 0.25) is 0 Å². The highest BCUT2D eigenvalue weighted by Crippen LogP contribution is 2.29. The summed E-state index contributed by atoms with van der Waals surface area (Å²) in [5.41, 5.74) is -0.829. The number of halogens is 3. The molecule has 0 aromatic carbocycles. The average molecular weight is 394 g/mol. The van der Waals surface area contributed by atoms with Crippen LogP contribution in [-0.2, 0) is 22.1 Å². The number of nitrogens with one attached hydrogen (secondary N) is 2. The highest BCUT2D eigenvalue weighted by atomic mass is 32.1. The van der Waals surface area contributed by atoms with E-state index in [-0.39, 0.29) is 0 Å². The van der Waals surface area contributed by atoms with E-state index in [1.165, 1.54) is 0 Å². The Labute approximate surface area is 155 Å². The van der Waals surface area contributed by atoms with Gasteiger partial charge >= 0.3 is 6.18 Å². The zero-order valence-electron chi connectivity index (χ0n) is 14.8. The minimum absolute atomic E-state index is 0.293. The van der Waals surface area contributed by atoms with E-state index in [1.807, 2.05) is 0 Å². The third kappa shape index (κ3) is 7.46. The SMILES string of the molecule is CN=C(NCCCOC1CCOCC1)NCCc1nc(C(F)(F)F)cs1. The van der Waals surface area contributed by atoms with E-state index in [2.05, 4.69) is 20.6 Å². The Morgan fingerprint density at radius 1 is 1.35 bits per heavy atom. The van der Waals surface area contributed by atoms with Crippen molar-refractivity contribution in [2.24, 2.45) is 4.99 Å². The van der Waals surface area contributed by atoms with Gasteiger partial charge in [-0.2, -0.15) is 13.2 Å². The first kappa shape index (κ1) is 20.9. The zero-order chi connectivity index (χ0) is 18.8. The van der Waals surface area contributed by atoms with Crippen molar-refractivity contribution < 1.29 is 22.6 Å². The number of guanidine groups is 1. The molecule has 1 saturated heterocycles. The maximum atomic E-state index is 12.5. The second kappa shape index (κ2) is 10.7. The maximum Gasteiger partial charge on any atom is 0.434 e. The van der Waals surface area contributed by atoms with Crippen molar-refractivity contribution in [2.45, 2.75) is 38.0 Å². The zero-order valence-corrected chi connectivity index (χ0v) is 15.6. The molecule has 0 amide bonds. The quantitative estimate of drug-likeness (QED) is 0.403. The highest BCUT2D eigenvalue weighted by molar-refractivity contribution is 7.09. The van der Waals surface area contributed by atoms with E-state index < -0.39 is 11.9 Å². The van der Waals surface area contributed by atoms with Gasteiger partial charge in [-0.3, -0.25) is 4.99 Å². The molecule has 148 valence electrons. The molecule has 0 radical (unpaired) electrons. The van der Waals surface area contributed by atoms with Crippen LogP contribution in [0.4, 0.5) is 13.2 Å². The molecule has 1 aromatic heterocycles. The largest absolute Gasteiger partial charge is 0.434 e. The van der Waals surface area contributed by atoms with Gasteiger partial charge in [-0.25, -0.2) is 4.98 Å². The second-order valence-electron chi connectivity index (χ2n) is 5.84. The van der Waals surface area contributed by atoms with Crippen LogP contribution < -0.4 is 10.6 Å². The summed E-state index contributed by atoms with van der Waals surface area (Å²) in [6, 6.07) is 0. The molecular formula is C16H25F3N4O2S. The summed E-state index contributed by atoms with van der Waals surface area (Å²) in [5, 5.41) is 7.72. The summed E-state index contributed by atoms with van der Waals surface area (Å²) < 4.78 is 48.6. The molecule has 1 aliphatic heterocycles. The number of thiazole rings is 1. The monoisotopic (exact) mass is 394 g/mol. The van der Waals surface area contributed by atoms with Crippen LogP contribution in [0.5, 0.6) is 0 Å². The Bertz CT molecular complexity index is 560. The highest BCUT2D eigenvalue weighted by Gasteiger charge is 2.33. The van der Waals surface area contributed by atoms with Gasteiger partial charge < -0.3 is 20.1 Å². The first-order valence-electron chi connectivity index (χ1n) is 8.64. The standard InChI is InChI=1S/C16H25F3N4O2S/c1-20-15(21-6-2-8-25-12-4-9-24-10-5-12)22-7-3-14-23-13(11-26-14)16(17,18)19/h11-12H,2-10H2,1H3,(H2,20,21,22). The molecule has 1 aromatic rings. The van der Waals surface area contributed by atoms with Crippen molar-refractivity contribution in [3.05, 3.63) is 16.1 Å². The number of aromatic nitrogens is 1. The van der Waals surface area contributed by atoms with Gasteiger partial charge in [0.1, 0.15) is 0 Å². The van der Waals surface area contributed by atoms with Crippen LogP contribution in [0.25, 0.3) is 0 Å². The third-order valence-corrected chi connectivity index (χ3v) is 4.74. The summed E-state index contributed by atoms with van der Waals surface area (Å²) in [6.45, 7) is 3.38. The molecule has 0 atom stereocenters. The van der Waals surface area contributed by atoms with E-state index in [9.17, 15) is 13.2 Å². The van der Waals surface area contributed by atoms with Gasteiger partial charge in [-0.15, -0.1) is 11.3 Å². The molecule has 2 N–H and O–H groups in total. The molecule has 1 aliphatic rings. The van der Waals surface area contributed by atoms with Crippen LogP contribution in [0, 0.1) is 0 Å². The molecular weight excluding hydrogens is 369 g/mol. The lowest BCUT2D eigenvalue weighted by Gasteiger charge is -2.22. The molecule has 0 unspecified atom stereocenters. The molecule has 10 heteroatoms. The number of alkyl halides is 3. The number of hydrogen-bond acceptors (Lipinski definition) is 5. The average Bonchev–Trinajstić information content (AvgIpc) is 3.10. The molecule has 6 nitrogen and oxygen atoms in total. The fourth-order valence-corrected chi connectivity index (χ4v) is 3.24. The minimum Gasteiger partial charge on any atom is -0.381 e. The summed E-state index contributed by atoms with van der Waals surface area (Å²) in [7, 11) is 1.65. The number of rotatable bonds is 8. The van der Waals surface area contributed by atoms with Crippen molar-refractivity contribution in [3.8, 4) is 0 Å². The second-order valence-corrected chi connectivity index (χ2v) is 6.78. The van der Waals surface area contributed by atoms with Crippen molar-refractivity contribution in [1.82, 2.24) is 15.6 Å². The minimum atomic E-state index is -4.38. The van der Waals surface area contributed by atoms with Gasteiger partial charge in [-0.05, 0) is 19.3 Å². The summed E-state index contributed by atoms with van der Waals surface area (Å²) in [4.78, 5) is 7.69. The van der Waals surface area contributed by atoms with Crippen LogP contribution in [0.1, 0.15) is 30.0 Å². The molecule has 0 saturated carbocycles. The molecule has 1 fully saturated rings. The predicted octanol–water partition coefficient (Wildman–Crippen LogP) is 2.46. The van der Waals surface area contributed by atoms with Crippen molar-refractivity contribution in [2.75, 3.05) is 40.0 Å². The van der Waals surface area contributed by atoms with Gasteiger partial charge in [0.05, 0.1) is 11.1 Å². The third-order valence-electron chi connectivity index (χ3n) is 3.83. The van der Waals surface area contributed by atoms with Gasteiger partial charge in [0.2, 0.25) is 0 Å². The van der Waals surface area contributed by atoms with Crippen LogP contribution in [-0.4, -0.2) is 57.0 Å². The van der Waals surface area contributed by atoms with E-state index >= 15 is 0 Å². The fraction of sp³-hybridized carbons (Fsp3) is 0.750. The Morgan fingerprint density at radius 3 is 2.73 bits per heavy atom. The topological polar surface area (TPSA) is 67.8 Å². The summed E-state index contributed by atoms with van der Waals surface area (Å²) in [6.07, 6.45) is -0.936. The molecule has 0 aliphatic carbocycles. The summed E-state index contributed by atoms with van der Waals surface area (Å²) in [5.74, 6) is 0.615. The normalized spacial score (nSPS) is 16.7. The van der Waals surface area contributed by atoms with E-state index in [4.69, 9.17) is 9.47 Å². The molecule has 26 heavy (non-hydrogen) atoms. The van der Waals surface area contributed by atoms with Crippen molar-refractivity contribution in [3.63, 3.8) is 0 Å². The van der Waals surface area contributed by atoms with Gasteiger partial charge in [0, 0.05) is 51.8 Å². The fourth-order valence-electron chi connectivity index (χ4n) is 2.44. The Hall–Kier alpha value is -1.39. The predicted molar refractivity (Wildman–Crippen MR) is 94.6 cm³/mol. The van der Waals surface area contributed by atoms with Crippen molar-refractivity contribution >= 4 is 17.3 Å². The van der Waals surface area contributed by atoms with Crippen LogP contribution in [0.3, 0.4) is 0 Å². The van der Waals surface area contributed by atoms with Crippen molar-refractivity contribution in [1.29, 1.82) is 0 Å². The Kier molecular flexibility index (Phi) is 8.60. The number of hydrogen-bond donors (Lipinski definition) is 2. The Balaban J connectivity index is 1.56. The molecule has 2 rings (SSSR count). The number of ether oxygens (including phenoxy) is 2. The smallest absolute Gasteiger partial charge is 0.381 e. The lowest BCUT2D eigenvalue weighted by molar-refractivity contribution is -0.140. The maximum absolute atomic E-state index is 12.5. The first-order chi connectivity index (χ1) is 12.5. The van der Waals surface area contributed by atoms with E-state index in [0.717, 1.165) is 49.2 Å². The van der Waals surface area contributed by atoms with Gasteiger partial charge in [0.25, 0.3) is 0 Å². The molecule has 2 heterocycles. The molecule has 0 spiro atoms. The molecule has 0 bridgehead atoms. The number of nitrogens with zero attached hydrogens (tertiary/aromatic N) is 2. The first-order valence-corrected chi connectivity index (χ1v) is 9.52. The lowest BCUT2D eigenvalue weighted by atomic mass is 10.1. The van der Waals surface area contributed by atoms with E-state index in [1.54, 1.807) is 7.05 Å². The lowest BCUT2D eigenvalue weighted by Crippen LogP contribution is -2.39. The van der Waals surface area contributed by atoms with Gasteiger partial charge in [-0.1, -0.05) is 0 Å². The van der Waals surface area contributed by atoms with E-state index in [0.29, 0.717) is 43.2 Å². The van der Waals surface area contributed by atoms with Crippen LogP contribution in [0.15, 0.2) is 10.4 Å². The van der Waals surface area contributed by atoms with Gasteiger partial charge in [0.15, 0.2) is 11.7 Å². The van der Waals surface area contributed by atoms with Crippen LogP contribution >= 0.6 is 11.3 Å². The summed E-state index contributed by atoms with van der Waals surface area (Å²) >= 11 is 1.02.